The normalized spacial score (nSPS) is 13.2. The van der Waals surface area contributed by atoms with E-state index in [9.17, 15) is 4.79 Å². The molecule has 86 valence electrons. The van der Waals surface area contributed by atoms with Gasteiger partial charge in [0.05, 0.1) is 0 Å². The third kappa shape index (κ3) is 3.34. The largest absolute Gasteiger partial charge is 0.299 e. The lowest BCUT2D eigenvalue weighted by Crippen LogP contribution is -2.21. The molecule has 1 heteroatoms. The summed E-state index contributed by atoms with van der Waals surface area (Å²) in [7, 11) is 0. The number of Topliss-reactive ketones (excluding diaryl/α,β-unsaturated/α-hetero) is 1. The minimum Gasteiger partial charge on any atom is -0.299 e. The van der Waals surface area contributed by atoms with Crippen LogP contribution in [-0.2, 0) is 4.79 Å². The summed E-state index contributed by atoms with van der Waals surface area (Å²) in [5.41, 5.74) is 0.894. The maximum Gasteiger partial charge on any atom is 0.139 e. The average Bonchev–Trinajstić information content (AvgIpc) is 2.25. The molecule has 0 saturated carbocycles. The molecule has 0 aliphatic carbocycles. The van der Waals surface area contributed by atoms with E-state index < -0.39 is 0 Å². The van der Waals surface area contributed by atoms with Crippen LogP contribution in [-0.4, -0.2) is 5.78 Å². The van der Waals surface area contributed by atoms with Gasteiger partial charge < -0.3 is 0 Å². The van der Waals surface area contributed by atoms with Gasteiger partial charge in [0.1, 0.15) is 5.78 Å². The molecule has 1 atom stereocenters. The van der Waals surface area contributed by atoms with Gasteiger partial charge in [0.15, 0.2) is 0 Å². The Balaban J connectivity index is 2.79. The van der Waals surface area contributed by atoms with Crippen molar-refractivity contribution in [3.05, 3.63) is 48.6 Å². The highest BCUT2D eigenvalue weighted by Gasteiger charge is 2.23. The second-order valence-corrected chi connectivity index (χ2v) is 5.13. The minimum atomic E-state index is -0.268. The topological polar surface area (TPSA) is 17.1 Å². The summed E-state index contributed by atoms with van der Waals surface area (Å²) in [5, 5.41) is 0. The first kappa shape index (κ1) is 12.7. The number of hydrogen-bond donors (Lipinski definition) is 0. The molecule has 1 unspecified atom stereocenters. The first-order valence-corrected chi connectivity index (χ1v) is 5.66. The van der Waals surface area contributed by atoms with Crippen LogP contribution >= 0.6 is 0 Å². The first-order valence-electron chi connectivity index (χ1n) is 5.66. The van der Waals surface area contributed by atoms with Gasteiger partial charge in [0, 0.05) is 17.8 Å². The Morgan fingerprint density at radius 1 is 1.31 bits per heavy atom. The van der Waals surface area contributed by atoms with Crippen molar-refractivity contribution in [2.45, 2.75) is 33.1 Å². The number of carbonyl (C=O) groups is 1. The standard InChI is InChI=1S/C15H20O/c1-5-12(11-14(16)15(2,3)4)13-9-7-6-8-10-13/h5-10,12H,1,11H2,2-4H3. The van der Waals surface area contributed by atoms with Gasteiger partial charge in [-0.15, -0.1) is 6.58 Å². The third-order valence-corrected chi connectivity index (χ3v) is 2.75. The molecule has 0 bridgehead atoms. The molecule has 0 amide bonds. The predicted molar refractivity (Wildman–Crippen MR) is 68.5 cm³/mol. The molecular formula is C15H20O. The van der Waals surface area contributed by atoms with Gasteiger partial charge in [-0.05, 0) is 5.56 Å². The van der Waals surface area contributed by atoms with Crippen molar-refractivity contribution in [1.82, 2.24) is 0 Å². The van der Waals surface area contributed by atoms with Crippen molar-refractivity contribution in [3.8, 4) is 0 Å². The van der Waals surface area contributed by atoms with E-state index in [1.165, 1.54) is 0 Å². The van der Waals surface area contributed by atoms with E-state index in [0.717, 1.165) is 5.56 Å². The van der Waals surface area contributed by atoms with Crippen LogP contribution in [0.4, 0.5) is 0 Å². The van der Waals surface area contributed by atoms with Crippen molar-refractivity contribution in [2.75, 3.05) is 0 Å². The van der Waals surface area contributed by atoms with E-state index in [0.29, 0.717) is 6.42 Å². The highest BCUT2D eigenvalue weighted by molar-refractivity contribution is 5.84. The molecule has 1 aromatic rings. The molecule has 1 nitrogen and oxygen atoms in total. The number of ketones is 1. The smallest absolute Gasteiger partial charge is 0.139 e. The summed E-state index contributed by atoms with van der Waals surface area (Å²) >= 11 is 0. The van der Waals surface area contributed by atoms with Crippen LogP contribution in [0.5, 0.6) is 0 Å². The van der Waals surface area contributed by atoms with Gasteiger partial charge in [0.25, 0.3) is 0 Å². The molecule has 1 aromatic carbocycles. The van der Waals surface area contributed by atoms with Crippen molar-refractivity contribution in [3.63, 3.8) is 0 Å². The first-order chi connectivity index (χ1) is 7.45. The lowest BCUT2D eigenvalue weighted by Gasteiger charge is -2.20. The summed E-state index contributed by atoms with van der Waals surface area (Å²) in [6.07, 6.45) is 2.40. The fourth-order valence-corrected chi connectivity index (χ4v) is 1.54. The monoisotopic (exact) mass is 216 g/mol. The molecule has 0 aliphatic rings. The number of hydrogen-bond acceptors (Lipinski definition) is 1. The lowest BCUT2D eigenvalue weighted by atomic mass is 9.83. The van der Waals surface area contributed by atoms with Crippen molar-refractivity contribution >= 4 is 5.78 Å². The fourth-order valence-electron chi connectivity index (χ4n) is 1.54. The quantitative estimate of drug-likeness (QED) is 0.696. The predicted octanol–water partition coefficient (Wildman–Crippen LogP) is 3.96. The molecule has 0 saturated heterocycles. The molecule has 0 spiro atoms. The molecule has 0 N–H and O–H groups in total. The van der Waals surface area contributed by atoms with E-state index in [4.69, 9.17) is 0 Å². The van der Waals surface area contributed by atoms with Gasteiger partial charge in [-0.25, -0.2) is 0 Å². The highest BCUT2D eigenvalue weighted by atomic mass is 16.1. The van der Waals surface area contributed by atoms with Crippen molar-refractivity contribution in [2.24, 2.45) is 5.41 Å². The maximum atomic E-state index is 12.0. The lowest BCUT2D eigenvalue weighted by molar-refractivity contribution is -0.126. The Hall–Kier alpha value is -1.37. The Bertz CT molecular complexity index is 357. The van der Waals surface area contributed by atoms with E-state index in [-0.39, 0.29) is 17.1 Å². The zero-order chi connectivity index (χ0) is 12.2. The Morgan fingerprint density at radius 2 is 1.88 bits per heavy atom. The maximum absolute atomic E-state index is 12.0. The van der Waals surface area contributed by atoms with Gasteiger partial charge in [-0.2, -0.15) is 0 Å². The molecule has 0 fully saturated rings. The number of carbonyl (C=O) groups excluding carboxylic acids is 1. The Labute approximate surface area is 98.2 Å². The van der Waals surface area contributed by atoms with E-state index in [1.54, 1.807) is 0 Å². The summed E-state index contributed by atoms with van der Waals surface area (Å²) in [4.78, 5) is 12.0. The molecule has 0 heterocycles. The van der Waals surface area contributed by atoms with Crippen LogP contribution < -0.4 is 0 Å². The second-order valence-electron chi connectivity index (χ2n) is 5.13. The minimum absolute atomic E-state index is 0.132. The second kappa shape index (κ2) is 5.11. The van der Waals surface area contributed by atoms with Crippen molar-refractivity contribution in [1.29, 1.82) is 0 Å². The summed E-state index contributed by atoms with van der Waals surface area (Å²) in [6, 6.07) is 10.1. The van der Waals surface area contributed by atoms with Crippen LogP contribution in [0.2, 0.25) is 0 Å². The average molecular weight is 216 g/mol. The number of rotatable bonds is 4. The molecule has 16 heavy (non-hydrogen) atoms. The summed E-state index contributed by atoms with van der Waals surface area (Å²) in [6.45, 7) is 9.70. The van der Waals surface area contributed by atoms with Crippen LogP contribution in [0.3, 0.4) is 0 Å². The fraction of sp³-hybridized carbons (Fsp3) is 0.400. The van der Waals surface area contributed by atoms with Gasteiger partial charge in [-0.3, -0.25) is 4.79 Å². The summed E-state index contributed by atoms with van der Waals surface area (Å²) in [5.74, 6) is 0.411. The number of allylic oxidation sites excluding steroid dienone is 1. The van der Waals surface area contributed by atoms with E-state index in [1.807, 2.05) is 57.2 Å². The van der Waals surface area contributed by atoms with Crippen molar-refractivity contribution < 1.29 is 4.79 Å². The molecule has 0 radical (unpaired) electrons. The molecule has 0 aromatic heterocycles. The third-order valence-electron chi connectivity index (χ3n) is 2.75. The van der Waals surface area contributed by atoms with E-state index in [2.05, 4.69) is 6.58 Å². The van der Waals surface area contributed by atoms with Crippen LogP contribution in [0.1, 0.15) is 38.7 Å². The highest BCUT2D eigenvalue weighted by Crippen LogP contribution is 2.26. The Morgan fingerprint density at radius 3 is 2.31 bits per heavy atom. The number of benzene rings is 1. The van der Waals surface area contributed by atoms with Gasteiger partial charge >= 0.3 is 0 Å². The van der Waals surface area contributed by atoms with Crippen LogP contribution in [0.25, 0.3) is 0 Å². The Kier molecular flexibility index (Phi) is 4.05. The zero-order valence-electron chi connectivity index (χ0n) is 10.4. The van der Waals surface area contributed by atoms with Gasteiger partial charge in [0.2, 0.25) is 0 Å². The molecule has 0 aliphatic heterocycles. The zero-order valence-corrected chi connectivity index (χ0v) is 10.4. The van der Waals surface area contributed by atoms with Gasteiger partial charge in [-0.1, -0.05) is 57.2 Å². The van der Waals surface area contributed by atoms with Crippen LogP contribution in [0, 0.1) is 5.41 Å². The SMILES string of the molecule is C=CC(CC(=O)C(C)(C)C)c1ccccc1. The molecular weight excluding hydrogens is 196 g/mol. The van der Waals surface area contributed by atoms with Crippen LogP contribution in [0.15, 0.2) is 43.0 Å². The van der Waals surface area contributed by atoms with E-state index >= 15 is 0 Å². The summed E-state index contributed by atoms with van der Waals surface area (Å²) < 4.78 is 0. The molecule has 1 rings (SSSR count).